The Bertz CT molecular complexity index is 990. The van der Waals surface area contributed by atoms with E-state index in [-0.39, 0.29) is 45.1 Å². The molecule has 5 rings (SSSR count). The van der Waals surface area contributed by atoms with Crippen LogP contribution in [0.5, 0.6) is 0 Å². The Morgan fingerprint density at radius 3 is 2.20 bits per heavy atom. The van der Waals surface area contributed by atoms with Crippen LogP contribution in [0.4, 0.5) is 0 Å². The first-order valence-corrected chi connectivity index (χ1v) is 14.1. The van der Waals surface area contributed by atoms with E-state index >= 15 is 0 Å². The molecule has 0 heterocycles. The second kappa shape index (κ2) is 7.45. The molecular weight excluding hydrogens is 436 g/mol. The van der Waals surface area contributed by atoms with Crippen molar-refractivity contribution >= 4 is 11.8 Å². The van der Waals surface area contributed by atoms with Gasteiger partial charge in [0.25, 0.3) is 0 Å². The van der Waals surface area contributed by atoms with Crippen LogP contribution in [0.3, 0.4) is 0 Å². The Morgan fingerprint density at radius 2 is 1.54 bits per heavy atom. The van der Waals surface area contributed by atoms with Crippen molar-refractivity contribution in [2.45, 2.75) is 119 Å². The summed E-state index contributed by atoms with van der Waals surface area (Å²) >= 11 is 0. The maximum atomic E-state index is 14.4. The smallest absolute Gasteiger partial charge is 0.315 e. The van der Waals surface area contributed by atoms with E-state index in [0.29, 0.717) is 18.1 Å². The lowest BCUT2D eigenvalue weighted by atomic mass is 9.34. The number of esters is 1. The number of ketones is 1. The number of allylic oxidation sites excluding steroid dienone is 1. The van der Waals surface area contributed by atoms with Crippen LogP contribution in [0, 0.1) is 44.3 Å². The van der Waals surface area contributed by atoms with Gasteiger partial charge < -0.3 is 9.84 Å². The van der Waals surface area contributed by atoms with E-state index in [0.717, 1.165) is 57.8 Å². The molecular formula is C31H48O4. The topological polar surface area (TPSA) is 63.6 Å². The standard InChI is InChI=1S/C31H48O4/c1-26(2)13-15-31(25(34)35-8)16-14-29(6)19(20(31)18-26)17-21(32)24-28(5)11-10-23(33)27(3,4)22(28)9-12-30(24,29)7/h22-24,33H,9-18H2,1-8H3/t22-,23-,24+,28-,29+,30+,31-/m0/s1. The van der Waals surface area contributed by atoms with Crippen molar-refractivity contribution in [3.63, 3.8) is 0 Å². The second-order valence-electron chi connectivity index (χ2n) is 15.2. The van der Waals surface area contributed by atoms with Crippen molar-refractivity contribution in [3.8, 4) is 0 Å². The summed E-state index contributed by atoms with van der Waals surface area (Å²) in [5, 5.41) is 10.9. The molecule has 4 nitrogen and oxygen atoms in total. The van der Waals surface area contributed by atoms with E-state index in [1.54, 1.807) is 0 Å². The predicted octanol–water partition coefficient (Wildman–Crippen LogP) is 6.65. The number of carbonyl (C=O) groups is 2. The van der Waals surface area contributed by atoms with Crippen molar-refractivity contribution in [2.75, 3.05) is 7.11 Å². The van der Waals surface area contributed by atoms with Gasteiger partial charge in [0.05, 0.1) is 18.6 Å². The van der Waals surface area contributed by atoms with Crippen LogP contribution >= 0.6 is 0 Å². The minimum Gasteiger partial charge on any atom is -0.468 e. The van der Waals surface area contributed by atoms with Crippen LogP contribution in [0.25, 0.3) is 0 Å². The lowest BCUT2D eigenvalue weighted by Crippen LogP contribution is -2.66. The molecule has 1 N–H and O–H groups in total. The third kappa shape index (κ3) is 3.07. The van der Waals surface area contributed by atoms with E-state index in [1.807, 2.05) is 0 Å². The average Bonchev–Trinajstić information content (AvgIpc) is 2.77. The Labute approximate surface area is 212 Å². The highest BCUT2D eigenvalue weighted by Gasteiger charge is 2.70. The van der Waals surface area contributed by atoms with Crippen LogP contribution in [0.2, 0.25) is 0 Å². The van der Waals surface area contributed by atoms with E-state index in [9.17, 15) is 14.7 Å². The summed E-state index contributed by atoms with van der Waals surface area (Å²) in [5.41, 5.74) is 1.67. The minimum atomic E-state index is -0.541. The maximum absolute atomic E-state index is 14.4. The van der Waals surface area contributed by atoms with Gasteiger partial charge in [0.2, 0.25) is 0 Å². The third-order valence-corrected chi connectivity index (χ3v) is 12.8. The zero-order valence-electron chi connectivity index (χ0n) is 23.5. The van der Waals surface area contributed by atoms with Gasteiger partial charge in [0.15, 0.2) is 0 Å². The van der Waals surface area contributed by atoms with Gasteiger partial charge in [0.1, 0.15) is 5.78 Å². The molecule has 0 aromatic heterocycles. The van der Waals surface area contributed by atoms with Gasteiger partial charge in [-0.2, -0.15) is 0 Å². The molecule has 4 saturated carbocycles. The number of aliphatic hydroxyl groups is 1. The van der Waals surface area contributed by atoms with Crippen molar-refractivity contribution in [3.05, 3.63) is 11.1 Å². The van der Waals surface area contributed by atoms with Gasteiger partial charge in [-0.05, 0) is 90.8 Å². The van der Waals surface area contributed by atoms with Crippen molar-refractivity contribution < 1.29 is 19.4 Å². The first kappa shape index (κ1) is 25.5. The van der Waals surface area contributed by atoms with Crippen LogP contribution in [0.1, 0.15) is 113 Å². The van der Waals surface area contributed by atoms with Crippen LogP contribution in [-0.4, -0.2) is 30.1 Å². The van der Waals surface area contributed by atoms with Gasteiger partial charge in [-0.25, -0.2) is 0 Å². The third-order valence-electron chi connectivity index (χ3n) is 12.8. The molecule has 5 aliphatic carbocycles. The number of rotatable bonds is 1. The fraction of sp³-hybridized carbons (Fsp3) is 0.871. The molecule has 5 aliphatic rings. The molecule has 4 fully saturated rings. The van der Waals surface area contributed by atoms with Gasteiger partial charge in [0, 0.05) is 12.3 Å². The van der Waals surface area contributed by atoms with E-state index in [1.165, 1.54) is 18.3 Å². The van der Waals surface area contributed by atoms with Crippen molar-refractivity contribution in [2.24, 2.45) is 44.3 Å². The van der Waals surface area contributed by atoms with Crippen molar-refractivity contribution in [1.29, 1.82) is 0 Å². The van der Waals surface area contributed by atoms with Crippen LogP contribution in [0.15, 0.2) is 11.1 Å². The first-order chi connectivity index (χ1) is 16.1. The van der Waals surface area contributed by atoms with Crippen LogP contribution in [-0.2, 0) is 14.3 Å². The number of fused-ring (bicyclic) bond motifs is 6. The largest absolute Gasteiger partial charge is 0.468 e. The summed E-state index contributed by atoms with van der Waals surface area (Å²) in [6, 6.07) is 0. The number of methoxy groups -OCH3 is 1. The first-order valence-electron chi connectivity index (χ1n) is 14.1. The molecule has 0 spiro atoms. The quantitative estimate of drug-likeness (QED) is 0.334. The fourth-order valence-corrected chi connectivity index (χ4v) is 10.5. The molecule has 0 unspecified atom stereocenters. The number of Topliss-reactive ketones (excluding diaryl/α,β-unsaturated/α-hetero) is 1. The molecule has 0 radical (unpaired) electrons. The van der Waals surface area contributed by atoms with E-state index < -0.39 is 5.41 Å². The molecule has 0 saturated heterocycles. The Kier molecular flexibility index (Phi) is 5.43. The molecule has 0 aromatic carbocycles. The molecule has 7 atom stereocenters. The van der Waals surface area contributed by atoms with Gasteiger partial charge in [-0.3, -0.25) is 9.59 Å². The molecule has 0 bridgehead atoms. The van der Waals surface area contributed by atoms with Gasteiger partial charge in [-0.1, -0.05) is 59.6 Å². The average molecular weight is 485 g/mol. The summed E-state index contributed by atoms with van der Waals surface area (Å²) in [6.07, 6.45) is 8.51. The maximum Gasteiger partial charge on any atom is 0.315 e. The molecule has 0 aromatic rings. The van der Waals surface area contributed by atoms with Crippen molar-refractivity contribution in [1.82, 2.24) is 0 Å². The zero-order chi connectivity index (χ0) is 25.8. The highest BCUT2D eigenvalue weighted by Crippen LogP contribution is 2.74. The van der Waals surface area contributed by atoms with Gasteiger partial charge in [-0.15, -0.1) is 0 Å². The number of hydrogen-bond acceptors (Lipinski definition) is 4. The fourth-order valence-electron chi connectivity index (χ4n) is 10.5. The molecule has 196 valence electrons. The summed E-state index contributed by atoms with van der Waals surface area (Å²) in [7, 11) is 1.53. The lowest BCUT2D eigenvalue weighted by Gasteiger charge is -2.70. The number of carbonyl (C=O) groups excluding carboxylic acids is 2. The normalized spacial score (nSPS) is 48.3. The summed E-state index contributed by atoms with van der Waals surface area (Å²) in [5.74, 6) is 0.661. The lowest BCUT2D eigenvalue weighted by molar-refractivity contribution is -0.204. The summed E-state index contributed by atoms with van der Waals surface area (Å²) in [6.45, 7) is 16.3. The Morgan fingerprint density at radius 1 is 0.886 bits per heavy atom. The number of aliphatic hydroxyl groups excluding tert-OH is 1. The monoisotopic (exact) mass is 484 g/mol. The molecule has 0 aliphatic heterocycles. The van der Waals surface area contributed by atoms with E-state index in [4.69, 9.17) is 4.74 Å². The van der Waals surface area contributed by atoms with Crippen LogP contribution < -0.4 is 0 Å². The Balaban J connectivity index is 1.67. The highest BCUT2D eigenvalue weighted by atomic mass is 16.5. The molecule has 4 heteroatoms. The predicted molar refractivity (Wildman–Crippen MR) is 138 cm³/mol. The van der Waals surface area contributed by atoms with E-state index in [2.05, 4.69) is 48.5 Å². The Hall–Kier alpha value is -1.16. The summed E-state index contributed by atoms with van der Waals surface area (Å²) < 4.78 is 5.43. The van der Waals surface area contributed by atoms with Gasteiger partial charge >= 0.3 is 5.97 Å². The highest BCUT2D eigenvalue weighted by molar-refractivity contribution is 5.89. The zero-order valence-corrected chi connectivity index (χ0v) is 23.5. The second-order valence-corrected chi connectivity index (χ2v) is 15.2. The summed E-state index contributed by atoms with van der Waals surface area (Å²) in [4.78, 5) is 27.7. The molecule has 0 amide bonds. The minimum absolute atomic E-state index is 0.0112. The SMILES string of the molecule is COC(=O)[C@]12CCC(C)(C)CC1=C1CC(=O)[C@@H]3[C@@]4(C)CC[C@H](O)C(C)(C)[C@@H]4CC[C@@]3(C)[C@]1(C)CC2. The number of hydrogen-bond donors (Lipinski definition) is 1. The molecule has 35 heavy (non-hydrogen) atoms. The number of ether oxygens (including phenoxy) is 1.